The normalized spacial score (nSPS) is 13.2. The third-order valence-corrected chi connectivity index (χ3v) is 3.46. The zero-order valence-electron chi connectivity index (χ0n) is 10.1. The van der Waals surface area contributed by atoms with E-state index in [0.29, 0.717) is 17.5 Å². The van der Waals surface area contributed by atoms with Crippen LogP contribution in [0, 0.1) is 18.7 Å². The van der Waals surface area contributed by atoms with Crippen molar-refractivity contribution >= 4 is 11.6 Å². The van der Waals surface area contributed by atoms with E-state index >= 15 is 0 Å². The Kier molecular flexibility index (Phi) is 4.75. The molecule has 1 nitrogen and oxygen atoms in total. The van der Waals surface area contributed by atoms with Gasteiger partial charge in [0.2, 0.25) is 0 Å². The Bertz CT molecular complexity index is 363. The summed E-state index contributed by atoms with van der Waals surface area (Å²) in [6.07, 6.45) is 0.787. The molecule has 0 radical (unpaired) electrons. The van der Waals surface area contributed by atoms with Crippen LogP contribution in [0.25, 0.3) is 0 Å². The van der Waals surface area contributed by atoms with Gasteiger partial charge in [-0.25, -0.2) is 4.39 Å². The molecule has 0 aliphatic heterocycles. The van der Waals surface area contributed by atoms with Crippen LogP contribution in [-0.2, 0) is 0 Å². The van der Waals surface area contributed by atoms with Crippen molar-refractivity contribution in [3.63, 3.8) is 0 Å². The highest BCUT2D eigenvalue weighted by atomic mass is 35.5. The molecule has 1 aromatic carbocycles. The first kappa shape index (κ1) is 13.5. The Balaban J connectivity index is 3.22. The lowest BCUT2D eigenvalue weighted by Gasteiger charge is -2.23. The van der Waals surface area contributed by atoms with Crippen molar-refractivity contribution in [2.24, 2.45) is 11.7 Å². The van der Waals surface area contributed by atoms with Gasteiger partial charge in [-0.1, -0.05) is 25.4 Å². The van der Waals surface area contributed by atoms with Gasteiger partial charge >= 0.3 is 0 Å². The molecule has 0 aliphatic carbocycles. The molecule has 0 bridgehead atoms. The van der Waals surface area contributed by atoms with Gasteiger partial charge < -0.3 is 5.73 Å². The number of benzene rings is 1. The predicted octanol–water partition coefficient (Wildman–Crippen LogP) is 3.88. The van der Waals surface area contributed by atoms with Crippen LogP contribution in [0.15, 0.2) is 12.1 Å². The molecule has 16 heavy (non-hydrogen) atoms. The predicted molar refractivity (Wildman–Crippen MR) is 67.4 cm³/mol. The summed E-state index contributed by atoms with van der Waals surface area (Å²) in [6.45, 7) is 6.60. The quantitative estimate of drug-likeness (QED) is 0.854. The average Bonchev–Trinajstić information content (AvgIpc) is 2.22. The van der Waals surface area contributed by atoms with Gasteiger partial charge in [0.1, 0.15) is 5.82 Å². The summed E-state index contributed by atoms with van der Waals surface area (Å²) < 4.78 is 13.9. The first-order valence-electron chi connectivity index (χ1n) is 5.63. The van der Waals surface area contributed by atoms with Crippen molar-refractivity contribution in [2.45, 2.75) is 33.1 Å². The van der Waals surface area contributed by atoms with Gasteiger partial charge in [-0.15, -0.1) is 0 Å². The summed E-state index contributed by atoms with van der Waals surface area (Å²) in [5.74, 6) is 0.327. The fraction of sp³-hybridized carbons (Fsp3) is 0.538. The molecule has 0 saturated heterocycles. The van der Waals surface area contributed by atoms with E-state index in [-0.39, 0.29) is 11.7 Å². The van der Waals surface area contributed by atoms with E-state index in [4.69, 9.17) is 17.3 Å². The molecule has 0 heterocycles. The van der Waals surface area contributed by atoms with Gasteiger partial charge in [-0.2, -0.15) is 0 Å². The monoisotopic (exact) mass is 243 g/mol. The van der Waals surface area contributed by atoms with Crippen molar-refractivity contribution < 1.29 is 4.39 Å². The molecule has 2 N–H and O–H groups in total. The van der Waals surface area contributed by atoms with E-state index in [1.54, 1.807) is 6.07 Å². The van der Waals surface area contributed by atoms with Crippen molar-refractivity contribution in [3.05, 3.63) is 34.1 Å². The molecule has 1 aromatic rings. The molecule has 90 valence electrons. The third kappa shape index (κ3) is 2.74. The van der Waals surface area contributed by atoms with Crippen molar-refractivity contribution in [2.75, 3.05) is 6.54 Å². The minimum atomic E-state index is -0.172. The standard InChI is InChI=1S/C13H19ClFN/c1-8(2)10(6-7-16)13-9(3)11(14)4-5-12(13)15/h4-5,8,10H,6-7,16H2,1-3H3. The minimum Gasteiger partial charge on any atom is -0.330 e. The SMILES string of the molecule is Cc1c(Cl)ccc(F)c1C(CCN)C(C)C. The molecule has 0 fully saturated rings. The van der Waals surface area contributed by atoms with Crippen LogP contribution in [0.2, 0.25) is 5.02 Å². The van der Waals surface area contributed by atoms with E-state index in [2.05, 4.69) is 13.8 Å². The van der Waals surface area contributed by atoms with Crippen molar-refractivity contribution in [3.8, 4) is 0 Å². The molecule has 1 unspecified atom stereocenters. The first-order valence-corrected chi connectivity index (χ1v) is 6.01. The zero-order valence-corrected chi connectivity index (χ0v) is 10.8. The van der Waals surface area contributed by atoms with Crippen LogP contribution < -0.4 is 5.73 Å². The fourth-order valence-electron chi connectivity index (χ4n) is 2.11. The molecule has 1 rings (SSSR count). The lowest BCUT2D eigenvalue weighted by atomic mass is 9.83. The highest BCUT2D eigenvalue weighted by Gasteiger charge is 2.21. The Hall–Kier alpha value is -0.600. The summed E-state index contributed by atoms with van der Waals surface area (Å²) in [5.41, 5.74) is 7.16. The maximum absolute atomic E-state index is 13.9. The summed E-state index contributed by atoms with van der Waals surface area (Å²) in [6, 6.07) is 3.05. The van der Waals surface area contributed by atoms with Crippen molar-refractivity contribution in [1.29, 1.82) is 0 Å². The third-order valence-electron chi connectivity index (χ3n) is 3.05. The molecule has 0 spiro atoms. The maximum Gasteiger partial charge on any atom is 0.127 e. The number of halogens is 2. The maximum atomic E-state index is 13.9. The molecular weight excluding hydrogens is 225 g/mol. The van der Waals surface area contributed by atoms with Gasteiger partial charge in [-0.05, 0) is 55.0 Å². The molecule has 0 aromatic heterocycles. The van der Waals surface area contributed by atoms with E-state index in [1.165, 1.54) is 6.07 Å². The molecule has 1 atom stereocenters. The van der Waals surface area contributed by atoms with Gasteiger partial charge in [0.25, 0.3) is 0 Å². The Labute approximate surface area is 102 Å². The zero-order chi connectivity index (χ0) is 12.3. The van der Waals surface area contributed by atoms with Crippen LogP contribution in [0.4, 0.5) is 4.39 Å². The van der Waals surface area contributed by atoms with Crippen LogP contribution in [0.1, 0.15) is 37.3 Å². The Morgan fingerprint density at radius 3 is 2.50 bits per heavy atom. The topological polar surface area (TPSA) is 26.0 Å². The van der Waals surface area contributed by atoms with Crippen LogP contribution in [0.5, 0.6) is 0 Å². The second kappa shape index (κ2) is 5.65. The summed E-state index contributed by atoms with van der Waals surface area (Å²) in [5, 5.41) is 0.624. The van der Waals surface area contributed by atoms with Crippen LogP contribution in [-0.4, -0.2) is 6.54 Å². The largest absolute Gasteiger partial charge is 0.330 e. The number of nitrogens with two attached hydrogens (primary N) is 1. The van der Waals surface area contributed by atoms with E-state index in [9.17, 15) is 4.39 Å². The minimum absolute atomic E-state index is 0.142. The van der Waals surface area contributed by atoms with Gasteiger partial charge in [-0.3, -0.25) is 0 Å². The number of hydrogen-bond donors (Lipinski definition) is 1. The highest BCUT2D eigenvalue weighted by Crippen LogP contribution is 2.34. The van der Waals surface area contributed by atoms with Crippen LogP contribution >= 0.6 is 11.6 Å². The second-order valence-electron chi connectivity index (χ2n) is 4.50. The molecular formula is C13H19ClFN. The lowest BCUT2D eigenvalue weighted by molar-refractivity contribution is 0.449. The first-order chi connectivity index (χ1) is 7.49. The summed E-state index contributed by atoms with van der Waals surface area (Å²) in [7, 11) is 0. The highest BCUT2D eigenvalue weighted by molar-refractivity contribution is 6.31. The van der Waals surface area contributed by atoms with Crippen LogP contribution in [0.3, 0.4) is 0 Å². The van der Waals surface area contributed by atoms with E-state index < -0.39 is 0 Å². The molecule has 0 aliphatic rings. The van der Waals surface area contributed by atoms with Crippen molar-refractivity contribution in [1.82, 2.24) is 0 Å². The van der Waals surface area contributed by atoms with Gasteiger partial charge in [0.15, 0.2) is 0 Å². The summed E-state index contributed by atoms with van der Waals surface area (Å²) >= 11 is 6.04. The number of rotatable bonds is 4. The van der Waals surface area contributed by atoms with E-state index in [1.807, 2.05) is 6.92 Å². The summed E-state index contributed by atoms with van der Waals surface area (Å²) in [4.78, 5) is 0. The second-order valence-corrected chi connectivity index (χ2v) is 4.90. The molecule has 0 amide bonds. The smallest absolute Gasteiger partial charge is 0.127 e. The molecule has 0 saturated carbocycles. The van der Waals surface area contributed by atoms with Gasteiger partial charge in [0, 0.05) is 5.02 Å². The molecule has 3 heteroatoms. The Morgan fingerprint density at radius 1 is 1.38 bits per heavy atom. The lowest BCUT2D eigenvalue weighted by Crippen LogP contribution is -2.15. The van der Waals surface area contributed by atoms with Gasteiger partial charge in [0.05, 0.1) is 0 Å². The number of hydrogen-bond acceptors (Lipinski definition) is 1. The fourth-order valence-corrected chi connectivity index (χ4v) is 2.28. The van der Waals surface area contributed by atoms with E-state index in [0.717, 1.165) is 17.5 Å². The average molecular weight is 244 g/mol. The Morgan fingerprint density at radius 2 is 2.00 bits per heavy atom.